The summed E-state index contributed by atoms with van der Waals surface area (Å²) in [6.07, 6.45) is 0. The Balaban J connectivity index is 2.82. The minimum absolute atomic E-state index is 0.801. The van der Waals surface area contributed by atoms with Gasteiger partial charge in [-0.3, -0.25) is 0 Å². The van der Waals surface area contributed by atoms with E-state index in [-0.39, 0.29) is 0 Å². The molecule has 68 valence electrons. The molecule has 0 radical (unpaired) electrons. The quantitative estimate of drug-likeness (QED) is 0.716. The summed E-state index contributed by atoms with van der Waals surface area (Å²) in [4.78, 5) is 0. The van der Waals surface area contributed by atoms with Crippen molar-refractivity contribution in [3.8, 4) is 5.75 Å². The molecule has 0 N–H and O–H groups in total. The van der Waals surface area contributed by atoms with Crippen molar-refractivity contribution < 1.29 is 4.74 Å². The summed E-state index contributed by atoms with van der Waals surface area (Å²) in [6, 6.07) is 6.05. The van der Waals surface area contributed by atoms with E-state index in [0.717, 1.165) is 23.7 Å². The summed E-state index contributed by atoms with van der Waals surface area (Å²) in [5.41, 5.74) is 0. The van der Waals surface area contributed by atoms with Crippen molar-refractivity contribution in [3.05, 3.63) is 26.1 Å². The third-order valence-electron chi connectivity index (χ3n) is 1.77. The monoisotopic (exact) mass is 324 g/mol. The Morgan fingerprint density at radius 1 is 1.46 bits per heavy atom. The Bertz CT molecular complexity index is 452. The van der Waals surface area contributed by atoms with Gasteiger partial charge in [-0.15, -0.1) is 11.3 Å². The van der Waals surface area contributed by atoms with Crippen LogP contribution in [0.25, 0.3) is 10.1 Å². The maximum atomic E-state index is 5.92. The molecule has 1 nitrogen and oxygen atoms in total. The van der Waals surface area contributed by atoms with Gasteiger partial charge in [-0.05, 0) is 40.1 Å². The molecule has 0 saturated carbocycles. The molecule has 0 saturated heterocycles. The van der Waals surface area contributed by atoms with E-state index in [0.29, 0.717) is 0 Å². The molecule has 0 amide bonds. The van der Waals surface area contributed by atoms with Gasteiger partial charge in [-0.2, -0.15) is 0 Å². The number of benzene rings is 1. The first-order chi connectivity index (χ1) is 6.22. The van der Waals surface area contributed by atoms with Crippen LogP contribution in [0.2, 0.25) is 4.34 Å². The van der Waals surface area contributed by atoms with Crippen LogP contribution in [-0.4, -0.2) is 7.11 Å². The highest BCUT2D eigenvalue weighted by molar-refractivity contribution is 14.1. The predicted molar refractivity (Wildman–Crippen MR) is 66.1 cm³/mol. The van der Waals surface area contributed by atoms with E-state index >= 15 is 0 Å². The maximum absolute atomic E-state index is 5.92. The Labute approximate surface area is 98.8 Å². The van der Waals surface area contributed by atoms with E-state index in [1.165, 1.54) is 0 Å². The van der Waals surface area contributed by atoms with E-state index in [1.807, 2.05) is 12.1 Å². The molecule has 0 unspecified atom stereocenters. The zero-order valence-corrected chi connectivity index (χ0v) is 10.5. The number of methoxy groups -OCH3 is 1. The SMILES string of the molecule is COc1c(I)ccc2cc(Cl)sc12. The Morgan fingerprint density at radius 2 is 2.23 bits per heavy atom. The lowest BCUT2D eigenvalue weighted by Gasteiger charge is -2.03. The zero-order chi connectivity index (χ0) is 9.42. The second-order valence-electron chi connectivity index (χ2n) is 2.55. The van der Waals surface area contributed by atoms with Gasteiger partial charge in [0.05, 0.1) is 19.7 Å². The van der Waals surface area contributed by atoms with Gasteiger partial charge in [0.2, 0.25) is 0 Å². The molecule has 0 fully saturated rings. The smallest absolute Gasteiger partial charge is 0.150 e. The molecule has 2 aromatic rings. The van der Waals surface area contributed by atoms with E-state index < -0.39 is 0 Å². The number of fused-ring (bicyclic) bond motifs is 1. The van der Waals surface area contributed by atoms with E-state index in [2.05, 4.69) is 28.7 Å². The molecule has 1 aromatic heterocycles. The molecule has 1 heterocycles. The highest BCUT2D eigenvalue weighted by Crippen LogP contribution is 2.38. The molecule has 13 heavy (non-hydrogen) atoms. The van der Waals surface area contributed by atoms with Gasteiger partial charge >= 0.3 is 0 Å². The van der Waals surface area contributed by atoms with Crippen molar-refractivity contribution in [2.24, 2.45) is 0 Å². The fourth-order valence-electron chi connectivity index (χ4n) is 1.21. The van der Waals surface area contributed by atoms with Crippen molar-refractivity contribution in [2.75, 3.05) is 7.11 Å². The summed E-state index contributed by atoms with van der Waals surface area (Å²) < 4.78 is 8.36. The Morgan fingerprint density at radius 3 is 2.92 bits per heavy atom. The Kier molecular flexibility index (Phi) is 2.67. The predicted octanol–water partition coefficient (Wildman–Crippen LogP) is 4.17. The summed E-state index contributed by atoms with van der Waals surface area (Å²) >= 11 is 9.73. The van der Waals surface area contributed by atoms with Crippen LogP contribution >= 0.6 is 45.5 Å². The fourth-order valence-corrected chi connectivity index (χ4v) is 3.33. The largest absolute Gasteiger partial charge is 0.494 e. The molecule has 2 rings (SSSR count). The summed E-state index contributed by atoms with van der Waals surface area (Å²) in [6.45, 7) is 0. The van der Waals surface area contributed by atoms with Crippen LogP contribution in [-0.2, 0) is 0 Å². The highest BCUT2D eigenvalue weighted by atomic mass is 127. The van der Waals surface area contributed by atoms with Crippen LogP contribution in [0.5, 0.6) is 5.75 Å². The van der Waals surface area contributed by atoms with Crippen LogP contribution in [0.15, 0.2) is 18.2 Å². The third-order valence-corrected chi connectivity index (χ3v) is 3.90. The van der Waals surface area contributed by atoms with E-state index in [4.69, 9.17) is 16.3 Å². The second-order valence-corrected chi connectivity index (χ2v) is 5.40. The molecular weight excluding hydrogens is 319 g/mol. The number of ether oxygens (including phenoxy) is 1. The number of hydrogen-bond donors (Lipinski definition) is 0. The van der Waals surface area contributed by atoms with Crippen molar-refractivity contribution in [1.82, 2.24) is 0 Å². The number of rotatable bonds is 1. The molecule has 1 aromatic carbocycles. The maximum Gasteiger partial charge on any atom is 0.150 e. The normalized spacial score (nSPS) is 10.7. The average Bonchev–Trinajstić information content (AvgIpc) is 2.45. The summed E-state index contributed by atoms with van der Waals surface area (Å²) in [7, 11) is 1.69. The first kappa shape index (κ1) is 9.55. The molecule has 0 bridgehead atoms. The molecule has 0 aliphatic carbocycles. The van der Waals surface area contributed by atoms with Crippen molar-refractivity contribution in [3.63, 3.8) is 0 Å². The van der Waals surface area contributed by atoms with Crippen molar-refractivity contribution >= 4 is 55.6 Å². The van der Waals surface area contributed by atoms with Crippen molar-refractivity contribution in [2.45, 2.75) is 0 Å². The lowest BCUT2D eigenvalue weighted by Crippen LogP contribution is -1.85. The summed E-state index contributed by atoms with van der Waals surface area (Å²) in [5.74, 6) is 0.926. The minimum atomic E-state index is 0.801. The van der Waals surface area contributed by atoms with Gasteiger partial charge in [0.15, 0.2) is 0 Å². The van der Waals surface area contributed by atoms with Gasteiger partial charge in [0.1, 0.15) is 5.75 Å². The van der Waals surface area contributed by atoms with E-state index in [1.54, 1.807) is 18.4 Å². The first-order valence-electron chi connectivity index (χ1n) is 3.64. The number of thiophene rings is 1. The minimum Gasteiger partial charge on any atom is -0.494 e. The van der Waals surface area contributed by atoms with E-state index in [9.17, 15) is 0 Å². The van der Waals surface area contributed by atoms with Gasteiger partial charge in [-0.1, -0.05) is 17.7 Å². The molecule has 0 atom stereocenters. The lowest BCUT2D eigenvalue weighted by molar-refractivity contribution is 0.417. The van der Waals surface area contributed by atoms with Crippen LogP contribution in [0, 0.1) is 3.57 Å². The van der Waals surface area contributed by atoms with Gasteiger partial charge < -0.3 is 4.74 Å². The highest BCUT2D eigenvalue weighted by Gasteiger charge is 2.08. The second kappa shape index (κ2) is 3.63. The summed E-state index contributed by atoms with van der Waals surface area (Å²) in [5, 5.41) is 1.15. The van der Waals surface area contributed by atoms with Crippen LogP contribution in [0.3, 0.4) is 0 Å². The van der Waals surface area contributed by atoms with Gasteiger partial charge in [-0.25, -0.2) is 0 Å². The van der Waals surface area contributed by atoms with Crippen molar-refractivity contribution in [1.29, 1.82) is 0 Å². The van der Waals surface area contributed by atoms with Crippen LogP contribution in [0.4, 0.5) is 0 Å². The van der Waals surface area contributed by atoms with Gasteiger partial charge in [0, 0.05) is 0 Å². The van der Waals surface area contributed by atoms with Gasteiger partial charge in [0.25, 0.3) is 0 Å². The molecule has 0 aliphatic heterocycles. The molecule has 0 spiro atoms. The van der Waals surface area contributed by atoms with Crippen LogP contribution < -0.4 is 4.74 Å². The standard InChI is InChI=1S/C9H6ClIOS/c1-12-8-6(11)3-2-5-4-7(10)13-9(5)8/h2-4H,1H3. The number of hydrogen-bond acceptors (Lipinski definition) is 2. The lowest BCUT2D eigenvalue weighted by atomic mass is 10.2. The first-order valence-corrected chi connectivity index (χ1v) is 5.91. The molecule has 4 heteroatoms. The fraction of sp³-hybridized carbons (Fsp3) is 0.111. The molecule has 0 aliphatic rings. The Hall–Kier alpha value is -0.0000000000000000833. The average molecular weight is 325 g/mol. The third kappa shape index (κ3) is 1.65. The zero-order valence-electron chi connectivity index (χ0n) is 6.80. The molecular formula is C9H6ClIOS. The topological polar surface area (TPSA) is 9.23 Å². The van der Waals surface area contributed by atoms with Crippen LogP contribution in [0.1, 0.15) is 0 Å². The number of halogens is 2.